The van der Waals surface area contributed by atoms with E-state index in [9.17, 15) is 9.59 Å². The molecule has 0 spiro atoms. The third-order valence-corrected chi connectivity index (χ3v) is 5.98. The van der Waals surface area contributed by atoms with Gasteiger partial charge in [-0.25, -0.2) is 4.90 Å². The highest BCUT2D eigenvalue weighted by atomic mass is 35.5. The third-order valence-electron chi connectivity index (χ3n) is 4.29. The summed E-state index contributed by atoms with van der Waals surface area (Å²) < 4.78 is 0. The first-order valence-corrected chi connectivity index (χ1v) is 9.87. The number of amides is 2. The first kappa shape index (κ1) is 19.0. The van der Waals surface area contributed by atoms with Crippen LogP contribution in [0.15, 0.2) is 41.3 Å². The van der Waals surface area contributed by atoms with Crippen molar-refractivity contribution in [2.75, 3.05) is 10.7 Å². The van der Waals surface area contributed by atoms with E-state index >= 15 is 0 Å². The quantitative estimate of drug-likeness (QED) is 0.616. The van der Waals surface area contributed by atoms with Gasteiger partial charge >= 0.3 is 0 Å². The van der Waals surface area contributed by atoms with Gasteiger partial charge in [-0.3, -0.25) is 9.59 Å². The predicted octanol–water partition coefficient (Wildman–Crippen LogP) is 5.65. The van der Waals surface area contributed by atoms with E-state index in [1.165, 1.54) is 22.7 Å². The molecule has 1 aliphatic heterocycles. The number of imide groups is 1. The number of carbonyl (C=O) groups excluding carboxylic acids is 2. The first-order chi connectivity index (χ1) is 12.3. The fraction of sp³-hybridized carbons (Fsp3) is 0.200. The molecule has 0 bridgehead atoms. The molecule has 2 aromatic rings. The Hall–Kier alpha value is -1.75. The standard InChI is InChI=1S/C20H17Cl2NO2S/c1-4-26-18-17(13-6-5-11(2)12(3)9-13)19(24)23(20(18)25)14-7-8-15(21)16(22)10-14/h5-10H,4H2,1-3H3. The third kappa shape index (κ3) is 3.29. The Labute approximate surface area is 167 Å². The van der Waals surface area contributed by atoms with Gasteiger partial charge in [-0.15, -0.1) is 11.8 Å². The SMILES string of the molecule is CCSC1=C(c2ccc(C)c(C)c2)C(=O)N(c2ccc(Cl)c(Cl)c2)C1=O. The van der Waals surface area contributed by atoms with E-state index in [2.05, 4.69) is 0 Å². The van der Waals surface area contributed by atoms with E-state index in [0.717, 1.165) is 16.7 Å². The van der Waals surface area contributed by atoms with Crippen molar-refractivity contribution in [2.24, 2.45) is 0 Å². The molecule has 0 aliphatic carbocycles. The number of nitrogens with zero attached hydrogens (tertiary/aromatic N) is 1. The molecule has 0 saturated carbocycles. The molecule has 1 aliphatic rings. The summed E-state index contributed by atoms with van der Waals surface area (Å²) in [6, 6.07) is 10.5. The second kappa shape index (κ2) is 7.47. The molecule has 0 atom stereocenters. The van der Waals surface area contributed by atoms with Gasteiger partial charge in [-0.1, -0.05) is 48.3 Å². The van der Waals surface area contributed by atoms with Gasteiger partial charge in [0.2, 0.25) is 0 Å². The van der Waals surface area contributed by atoms with Crippen LogP contribution in [0.5, 0.6) is 0 Å². The lowest BCUT2D eigenvalue weighted by Gasteiger charge is -2.16. The van der Waals surface area contributed by atoms with Crippen molar-refractivity contribution in [3.63, 3.8) is 0 Å². The summed E-state index contributed by atoms with van der Waals surface area (Å²) in [4.78, 5) is 27.8. The molecule has 0 N–H and O–H groups in total. The zero-order valence-electron chi connectivity index (χ0n) is 14.6. The number of rotatable bonds is 4. The van der Waals surface area contributed by atoms with Crippen molar-refractivity contribution in [1.82, 2.24) is 0 Å². The Morgan fingerprint density at radius 1 is 0.923 bits per heavy atom. The van der Waals surface area contributed by atoms with Crippen LogP contribution in [-0.4, -0.2) is 17.6 Å². The van der Waals surface area contributed by atoms with E-state index in [0.29, 0.717) is 32.0 Å². The average molecular weight is 406 g/mol. The van der Waals surface area contributed by atoms with Crippen LogP contribution in [0.2, 0.25) is 10.0 Å². The number of hydrogen-bond acceptors (Lipinski definition) is 3. The van der Waals surface area contributed by atoms with Crippen molar-refractivity contribution >= 4 is 58.0 Å². The largest absolute Gasteiger partial charge is 0.272 e. The van der Waals surface area contributed by atoms with Crippen LogP contribution in [-0.2, 0) is 9.59 Å². The monoisotopic (exact) mass is 405 g/mol. The average Bonchev–Trinajstić information content (AvgIpc) is 2.84. The Morgan fingerprint density at radius 2 is 1.65 bits per heavy atom. The smallest absolute Gasteiger partial charge is 0.268 e. The molecule has 2 amide bonds. The molecule has 0 fully saturated rings. The van der Waals surface area contributed by atoms with Crippen LogP contribution in [0, 0.1) is 13.8 Å². The van der Waals surface area contributed by atoms with E-state index in [1.807, 2.05) is 39.0 Å². The zero-order chi connectivity index (χ0) is 19.0. The molecule has 0 aromatic heterocycles. The first-order valence-electron chi connectivity index (χ1n) is 8.13. The van der Waals surface area contributed by atoms with Crippen molar-refractivity contribution in [3.8, 4) is 0 Å². The van der Waals surface area contributed by atoms with E-state index in [4.69, 9.17) is 23.2 Å². The molecule has 3 rings (SSSR count). The number of carbonyl (C=O) groups is 2. The van der Waals surface area contributed by atoms with E-state index in [-0.39, 0.29) is 11.8 Å². The van der Waals surface area contributed by atoms with Gasteiger partial charge in [0, 0.05) is 0 Å². The fourth-order valence-corrected chi connectivity index (χ4v) is 3.94. The Balaban J connectivity index is 2.12. The summed E-state index contributed by atoms with van der Waals surface area (Å²) in [6.45, 7) is 5.96. The molecule has 134 valence electrons. The van der Waals surface area contributed by atoms with Gasteiger partial charge < -0.3 is 0 Å². The maximum atomic E-state index is 13.2. The maximum absolute atomic E-state index is 13.2. The molecule has 1 heterocycles. The van der Waals surface area contributed by atoms with Crippen LogP contribution in [0.1, 0.15) is 23.6 Å². The van der Waals surface area contributed by atoms with Gasteiger partial charge in [0.1, 0.15) is 0 Å². The van der Waals surface area contributed by atoms with Crippen LogP contribution >= 0.6 is 35.0 Å². The van der Waals surface area contributed by atoms with Crippen LogP contribution in [0.4, 0.5) is 5.69 Å². The summed E-state index contributed by atoms with van der Waals surface area (Å²) in [6.07, 6.45) is 0. The Morgan fingerprint density at radius 3 is 2.27 bits per heavy atom. The minimum Gasteiger partial charge on any atom is -0.268 e. The second-order valence-electron chi connectivity index (χ2n) is 5.98. The van der Waals surface area contributed by atoms with E-state index < -0.39 is 0 Å². The zero-order valence-corrected chi connectivity index (χ0v) is 16.9. The molecule has 6 heteroatoms. The molecule has 0 unspecified atom stereocenters. The normalized spacial score (nSPS) is 14.6. The van der Waals surface area contributed by atoms with Crippen molar-refractivity contribution in [1.29, 1.82) is 0 Å². The number of thioether (sulfide) groups is 1. The maximum Gasteiger partial charge on any atom is 0.272 e. The molecule has 0 radical (unpaired) electrons. The number of anilines is 1. The Bertz CT molecular complexity index is 953. The summed E-state index contributed by atoms with van der Waals surface area (Å²) in [5, 5.41) is 0.675. The molecule has 26 heavy (non-hydrogen) atoms. The van der Waals surface area contributed by atoms with Crippen molar-refractivity contribution in [2.45, 2.75) is 20.8 Å². The van der Waals surface area contributed by atoms with Gasteiger partial charge in [-0.05, 0) is 54.5 Å². The van der Waals surface area contributed by atoms with Crippen LogP contribution < -0.4 is 4.90 Å². The molecular formula is C20H17Cl2NO2S. The van der Waals surface area contributed by atoms with Crippen molar-refractivity contribution in [3.05, 3.63) is 68.0 Å². The van der Waals surface area contributed by atoms with Crippen LogP contribution in [0.3, 0.4) is 0 Å². The fourth-order valence-electron chi connectivity index (χ4n) is 2.80. The number of benzene rings is 2. The topological polar surface area (TPSA) is 37.4 Å². The van der Waals surface area contributed by atoms with E-state index in [1.54, 1.807) is 12.1 Å². The highest BCUT2D eigenvalue weighted by Gasteiger charge is 2.40. The molecule has 3 nitrogen and oxygen atoms in total. The molecule has 2 aromatic carbocycles. The lowest BCUT2D eigenvalue weighted by Crippen LogP contribution is -2.31. The van der Waals surface area contributed by atoms with Crippen molar-refractivity contribution < 1.29 is 9.59 Å². The minimum absolute atomic E-state index is 0.300. The number of hydrogen-bond donors (Lipinski definition) is 0. The summed E-state index contributed by atoms with van der Waals surface area (Å²) in [5.74, 6) is 0.0267. The van der Waals surface area contributed by atoms with Crippen LogP contribution in [0.25, 0.3) is 5.57 Å². The minimum atomic E-state index is -0.340. The lowest BCUT2D eigenvalue weighted by molar-refractivity contribution is -0.119. The van der Waals surface area contributed by atoms with Gasteiger partial charge in [0.05, 0.1) is 26.2 Å². The summed E-state index contributed by atoms with van der Waals surface area (Å²) >= 11 is 13.4. The number of aryl methyl sites for hydroxylation is 2. The van der Waals surface area contributed by atoms with Gasteiger partial charge in [0.25, 0.3) is 11.8 Å². The summed E-state index contributed by atoms with van der Waals surface area (Å²) in [7, 11) is 0. The van der Waals surface area contributed by atoms with Gasteiger partial charge in [0.15, 0.2) is 0 Å². The molecular weight excluding hydrogens is 389 g/mol. The molecule has 0 saturated heterocycles. The highest BCUT2D eigenvalue weighted by Crippen LogP contribution is 2.39. The number of halogens is 2. The van der Waals surface area contributed by atoms with Gasteiger partial charge in [-0.2, -0.15) is 0 Å². The predicted molar refractivity (Wildman–Crippen MR) is 110 cm³/mol. The lowest BCUT2D eigenvalue weighted by atomic mass is 10.0. The second-order valence-corrected chi connectivity index (χ2v) is 8.07. The highest BCUT2D eigenvalue weighted by molar-refractivity contribution is 8.04. The summed E-state index contributed by atoms with van der Waals surface area (Å²) in [5.41, 5.74) is 3.82. The Kier molecular flexibility index (Phi) is 5.47.